The summed E-state index contributed by atoms with van der Waals surface area (Å²) < 4.78 is 10.7. The SMILES string of the molecule is CCOc1ccc(C(=O)Oc2cc(Cl)c(N=Nc3ccc(C)cc3)cc2Cl)cc1. The summed E-state index contributed by atoms with van der Waals surface area (Å²) in [6, 6.07) is 17.1. The molecular weight excluding hydrogens is 411 g/mol. The fraction of sp³-hybridized carbons (Fsp3) is 0.136. The molecule has 29 heavy (non-hydrogen) atoms. The van der Waals surface area contributed by atoms with Gasteiger partial charge in [0.1, 0.15) is 11.4 Å². The number of benzene rings is 3. The molecule has 0 unspecified atom stereocenters. The molecule has 0 atom stereocenters. The third kappa shape index (κ3) is 5.56. The van der Waals surface area contributed by atoms with E-state index in [0.717, 1.165) is 5.56 Å². The molecule has 0 aliphatic rings. The van der Waals surface area contributed by atoms with Crippen molar-refractivity contribution >= 4 is 40.5 Å². The number of rotatable bonds is 6. The fourth-order valence-electron chi connectivity index (χ4n) is 2.41. The van der Waals surface area contributed by atoms with Gasteiger partial charge in [0, 0.05) is 6.07 Å². The number of carbonyl (C=O) groups is 1. The molecular formula is C22H18Cl2N2O3. The van der Waals surface area contributed by atoms with Gasteiger partial charge in [-0.1, -0.05) is 40.9 Å². The van der Waals surface area contributed by atoms with Gasteiger partial charge in [-0.25, -0.2) is 4.79 Å². The molecule has 7 heteroatoms. The maximum Gasteiger partial charge on any atom is 0.343 e. The summed E-state index contributed by atoms with van der Waals surface area (Å²) in [5, 5.41) is 8.73. The summed E-state index contributed by atoms with van der Waals surface area (Å²) in [6.45, 7) is 4.42. The lowest BCUT2D eigenvalue weighted by molar-refractivity contribution is 0.0735. The first-order chi connectivity index (χ1) is 14.0. The van der Waals surface area contributed by atoms with E-state index < -0.39 is 5.97 Å². The van der Waals surface area contributed by atoms with Crippen LogP contribution in [-0.4, -0.2) is 12.6 Å². The largest absolute Gasteiger partial charge is 0.494 e. The Morgan fingerprint density at radius 1 is 0.931 bits per heavy atom. The molecule has 3 rings (SSSR count). The molecule has 0 saturated carbocycles. The zero-order valence-electron chi connectivity index (χ0n) is 15.9. The molecule has 0 aliphatic heterocycles. The highest BCUT2D eigenvalue weighted by Crippen LogP contribution is 2.37. The number of hydrogen-bond donors (Lipinski definition) is 0. The van der Waals surface area contributed by atoms with Crippen LogP contribution in [0.1, 0.15) is 22.8 Å². The van der Waals surface area contributed by atoms with Crippen molar-refractivity contribution in [2.24, 2.45) is 10.2 Å². The van der Waals surface area contributed by atoms with Crippen LogP contribution in [0.25, 0.3) is 0 Å². The van der Waals surface area contributed by atoms with Crippen LogP contribution in [0.3, 0.4) is 0 Å². The van der Waals surface area contributed by atoms with E-state index in [1.807, 2.05) is 38.1 Å². The average molecular weight is 429 g/mol. The zero-order valence-corrected chi connectivity index (χ0v) is 17.4. The molecule has 148 valence electrons. The van der Waals surface area contributed by atoms with Gasteiger partial charge in [0.2, 0.25) is 0 Å². The Hall–Kier alpha value is -2.89. The molecule has 0 amide bonds. The van der Waals surface area contributed by atoms with Crippen LogP contribution in [0.15, 0.2) is 70.9 Å². The lowest BCUT2D eigenvalue weighted by Crippen LogP contribution is -2.08. The maximum atomic E-state index is 12.4. The molecule has 0 N–H and O–H groups in total. The van der Waals surface area contributed by atoms with Crippen LogP contribution in [0.5, 0.6) is 11.5 Å². The fourth-order valence-corrected chi connectivity index (χ4v) is 2.80. The lowest BCUT2D eigenvalue weighted by Gasteiger charge is -2.09. The van der Waals surface area contributed by atoms with Crippen LogP contribution in [-0.2, 0) is 0 Å². The Bertz CT molecular complexity index is 1030. The normalized spacial score (nSPS) is 10.9. The zero-order chi connectivity index (χ0) is 20.8. The monoisotopic (exact) mass is 428 g/mol. The first-order valence-electron chi connectivity index (χ1n) is 8.88. The molecule has 0 heterocycles. The van der Waals surface area contributed by atoms with E-state index >= 15 is 0 Å². The number of ether oxygens (including phenoxy) is 2. The number of azo groups is 1. The maximum absolute atomic E-state index is 12.4. The summed E-state index contributed by atoms with van der Waals surface area (Å²) in [6.07, 6.45) is 0. The second-order valence-electron chi connectivity index (χ2n) is 6.12. The highest BCUT2D eigenvalue weighted by Gasteiger charge is 2.14. The minimum atomic E-state index is -0.556. The number of hydrogen-bond acceptors (Lipinski definition) is 5. The summed E-state index contributed by atoms with van der Waals surface area (Å²) in [7, 11) is 0. The highest BCUT2D eigenvalue weighted by molar-refractivity contribution is 6.36. The van der Waals surface area contributed by atoms with Gasteiger partial charge in [-0.15, -0.1) is 5.11 Å². The van der Waals surface area contributed by atoms with Crippen molar-refractivity contribution in [3.8, 4) is 11.5 Å². The second-order valence-corrected chi connectivity index (χ2v) is 6.93. The average Bonchev–Trinajstić information content (AvgIpc) is 2.71. The van der Waals surface area contributed by atoms with Crippen molar-refractivity contribution in [2.75, 3.05) is 6.61 Å². The van der Waals surface area contributed by atoms with Crippen molar-refractivity contribution in [3.05, 3.63) is 81.8 Å². The smallest absolute Gasteiger partial charge is 0.343 e. The summed E-state index contributed by atoms with van der Waals surface area (Å²) >= 11 is 12.5. The van der Waals surface area contributed by atoms with E-state index in [-0.39, 0.29) is 15.8 Å². The molecule has 0 aromatic heterocycles. The number of nitrogens with zero attached hydrogens (tertiary/aromatic N) is 2. The minimum absolute atomic E-state index is 0.143. The Labute approximate surface area is 178 Å². The Morgan fingerprint density at radius 2 is 1.62 bits per heavy atom. The Balaban J connectivity index is 1.74. The third-order valence-corrected chi connectivity index (χ3v) is 4.51. The topological polar surface area (TPSA) is 60.2 Å². The van der Waals surface area contributed by atoms with E-state index in [4.69, 9.17) is 32.7 Å². The number of esters is 1. The van der Waals surface area contributed by atoms with Crippen molar-refractivity contribution in [1.29, 1.82) is 0 Å². The van der Waals surface area contributed by atoms with Gasteiger partial charge in [-0.3, -0.25) is 0 Å². The van der Waals surface area contributed by atoms with Crippen molar-refractivity contribution in [2.45, 2.75) is 13.8 Å². The van der Waals surface area contributed by atoms with Gasteiger partial charge in [0.05, 0.1) is 27.9 Å². The molecule has 0 fully saturated rings. The van der Waals surface area contributed by atoms with Gasteiger partial charge in [-0.05, 0) is 56.3 Å². The van der Waals surface area contributed by atoms with Crippen molar-refractivity contribution in [1.82, 2.24) is 0 Å². The quantitative estimate of drug-likeness (QED) is 0.234. The summed E-state index contributed by atoms with van der Waals surface area (Å²) in [5.41, 5.74) is 2.56. The first kappa shape index (κ1) is 20.8. The van der Waals surface area contributed by atoms with Crippen LogP contribution in [0.2, 0.25) is 10.0 Å². The van der Waals surface area contributed by atoms with Crippen molar-refractivity contribution < 1.29 is 14.3 Å². The molecule has 3 aromatic carbocycles. The van der Waals surface area contributed by atoms with E-state index in [1.54, 1.807) is 24.3 Å². The molecule has 5 nitrogen and oxygen atoms in total. The lowest BCUT2D eigenvalue weighted by atomic mass is 10.2. The van der Waals surface area contributed by atoms with Gasteiger partial charge in [0.15, 0.2) is 5.75 Å². The first-order valence-corrected chi connectivity index (χ1v) is 9.64. The summed E-state index contributed by atoms with van der Waals surface area (Å²) in [5.74, 6) is 0.262. The molecule has 0 bridgehead atoms. The van der Waals surface area contributed by atoms with E-state index in [1.165, 1.54) is 12.1 Å². The third-order valence-electron chi connectivity index (χ3n) is 3.91. The molecule has 3 aromatic rings. The van der Waals surface area contributed by atoms with E-state index in [9.17, 15) is 4.79 Å². The predicted octanol–water partition coefficient (Wildman–Crippen LogP) is 7.34. The van der Waals surface area contributed by atoms with Crippen LogP contribution >= 0.6 is 23.2 Å². The van der Waals surface area contributed by atoms with Gasteiger partial charge < -0.3 is 9.47 Å². The highest BCUT2D eigenvalue weighted by atomic mass is 35.5. The molecule has 0 spiro atoms. The van der Waals surface area contributed by atoms with E-state index in [0.29, 0.717) is 29.3 Å². The summed E-state index contributed by atoms with van der Waals surface area (Å²) in [4.78, 5) is 12.4. The Kier molecular flexibility index (Phi) is 6.86. The van der Waals surface area contributed by atoms with Crippen LogP contribution in [0.4, 0.5) is 11.4 Å². The number of carbonyl (C=O) groups excluding carboxylic acids is 1. The van der Waals surface area contributed by atoms with E-state index in [2.05, 4.69) is 10.2 Å². The molecule has 0 radical (unpaired) electrons. The van der Waals surface area contributed by atoms with Gasteiger partial charge in [0.25, 0.3) is 0 Å². The molecule has 0 saturated heterocycles. The molecule has 0 aliphatic carbocycles. The number of halogens is 2. The Morgan fingerprint density at radius 3 is 2.28 bits per heavy atom. The standard InChI is InChI=1S/C22H18Cl2N2O3/c1-3-28-17-10-6-15(7-11-17)22(27)29-21-13-18(23)20(12-19(21)24)26-25-16-8-4-14(2)5-9-16/h4-13H,3H2,1-2H3. The predicted molar refractivity (Wildman–Crippen MR) is 114 cm³/mol. The second kappa shape index (κ2) is 9.54. The number of aryl methyl sites for hydroxylation is 1. The minimum Gasteiger partial charge on any atom is -0.494 e. The van der Waals surface area contributed by atoms with Gasteiger partial charge in [-0.2, -0.15) is 5.11 Å². The van der Waals surface area contributed by atoms with Crippen LogP contribution < -0.4 is 9.47 Å². The van der Waals surface area contributed by atoms with Crippen LogP contribution in [0, 0.1) is 6.92 Å². The van der Waals surface area contributed by atoms with Crippen molar-refractivity contribution in [3.63, 3.8) is 0 Å². The van der Waals surface area contributed by atoms with Gasteiger partial charge >= 0.3 is 5.97 Å².